The fourth-order valence-corrected chi connectivity index (χ4v) is 3.59. The lowest BCUT2D eigenvalue weighted by molar-refractivity contribution is -0.123. The lowest BCUT2D eigenvalue weighted by Gasteiger charge is -2.19. The van der Waals surface area contributed by atoms with Crippen LogP contribution in [-0.2, 0) is 18.3 Å². The van der Waals surface area contributed by atoms with Crippen molar-refractivity contribution in [3.63, 3.8) is 0 Å². The summed E-state index contributed by atoms with van der Waals surface area (Å²) in [5.74, 6) is -0.770. The van der Waals surface area contributed by atoms with Gasteiger partial charge in [-0.2, -0.15) is 5.26 Å². The monoisotopic (exact) mass is 402 g/mol. The van der Waals surface area contributed by atoms with Crippen LogP contribution in [0.3, 0.4) is 0 Å². The molecule has 1 aliphatic rings. The highest BCUT2D eigenvalue weighted by Crippen LogP contribution is 2.24. The maximum atomic E-state index is 12.3. The minimum absolute atomic E-state index is 0.138. The number of benzene rings is 2. The van der Waals surface area contributed by atoms with Gasteiger partial charge in [-0.3, -0.25) is 9.36 Å². The van der Waals surface area contributed by atoms with Gasteiger partial charge in [0.25, 0.3) is 0 Å². The highest BCUT2D eigenvalue weighted by atomic mass is 16.4. The Labute approximate surface area is 173 Å². The summed E-state index contributed by atoms with van der Waals surface area (Å²) in [6.07, 6.45) is 4.23. The third-order valence-corrected chi connectivity index (χ3v) is 5.32. The summed E-state index contributed by atoms with van der Waals surface area (Å²) < 4.78 is 6.65. The number of hydrogen-bond donors (Lipinski definition) is 2. The third kappa shape index (κ3) is 4.04. The lowest BCUT2D eigenvalue weighted by Crippen LogP contribution is -2.43. The number of oxazole rings is 1. The fourth-order valence-electron chi connectivity index (χ4n) is 3.59. The minimum Gasteiger partial charge on any atom is -0.408 e. The molecule has 4 rings (SSSR count). The van der Waals surface area contributed by atoms with Gasteiger partial charge in [0.15, 0.2) is 5.58 Å². The van der Waals surface area contributed by atoms with E-state index in [1.54, 1.807) is 13.1 Å². The van der Waals surface area contributed by atoms with Crippen LogP contribution < -0.4 is 16.4 Å². The van der Waals surface area contributed by atoms with Gasteiger partial charge in [-0.1, -0.05) is 42.5 Å². The number of nitriles is 1. The number of carbonyl (C=O) groups excluding carboxylic acids is 1. The number of fused-ring (bicyclic) bond motifs is 1. The van der Waals surface area contributed by atoms with E-state index in [1.165, 1.54) is 4.57 Å². The Kier molecular flexibility index (Phi) is 5.50. The SMILES string of the molecule is Cn1c(=O)oc2ccc(-c3ccc(CC(C#N)NC(=O)C4C=CCNC4)cc3)cc21. The first-order chi connectivity index (χ1) is 14.5. The smallest absolute Gasteiger partial charge is 0.408 e. The number of nitrogens with one attached hydrogen (secondary N) is 2. The summed E-state index contributed by atoms with van der Waals surface area (Å²) in [7, 11) is 1.68. The standard InChI is InChI=1S/C23H22N4O3/c1-27-20-12-17(8-9-21(20)30-23(27)29)16-6-4-15(5-7-16)11-19(13-24)26-22(28)18-3-2-10-25-14-18/h2-9,12,18-19,25H,10-11,14H2,1H3,(H,26,28). The van der Waals surface area contributed by atoms with Gasteiger partial charge in [0.1, 0.15) is 6.04 Å². The maximum Gasteiger partial charge on any atom is 0.419 e. The first kappa shape index (κ1) is 19.7. The van der Waals surface area contributed by atoms with Crippen molar-refractivity contribution in [2.24, 2.45) is 13.0 Å². The molecule has 2 heterocycles. The number of aromatic nitrogens is 1. The molecule has 1 amide bonds. The lowest BCUT2D eigenvalue weighted by atomic mass is 10.00. The Bertz CT molecular complexity index is 1200. The predicted molar refractivity (Wildman–Crippen MR) is 114 cm³/mol. The number of hydrogen-bond acceptors (Lipinski definition) is 5. The molecular weight excluding hydrogens is 380 g/mol. The molecule has 0 fully saturated rings. The van der Waals surface area contributed by atoms with Crippen molar-refractivity contribution < 1.29 is 9.21 Å². The average Bonchev–Trinajstić information content (AvgIpc) is 3.07. The molecule has 7 heteroatoms. The number of amides is 1. The van der Waals surface area contributed by atoms with Crippen molar-refractivity contribution in [3.05, 3.63) is 70.7 Å². The van der Waals surface area contributed by atoms with Crippen molar-refractivity contribution in [3.8, 4) is 17.2 Å². The van der Waals surface area contributed by atoms with E-state index in [-0.39, 0.29) is 17.6 Å². The first-order valence-electron chi connectivity index (χ1n) is 9.81. The van der Waals surface area contributed by atoms with Crippen LogP contribution in [0.5, 0.6) is 0 Å². The summed E-state index contributed by atoms with van der Waals surface area (Å²) in [5.41, 5.74) is 4.20. The van der Waals surface area contributed by atoms with Gasteiger partial charge in [0.05, 0.1) is 17.5 Å². The van der Waals surface area contributed by atoms with Crippen molar-refractivity contribution in [1.29, 1.82) is 5.26 Å². The summed E-state index contributed by atoms with van der Waals surface area (Å²) in [6.45, 7) is 1.35. The van der Waals surface area contributed by atoms with E-state index in [2.05, 4.69) is 16.7 Å². The molecule has 2 aromatic carbocycles. The van der Waals surface area contributed by atoms with Crippen molar-refractivity contribution >= 4 is 17.0 Å². The number of carbonyl (C=O) groups is 1. The molecule has 0 aliphatic carbocycles. The van der Waals surface area contributed by atoms with Gasteiger partial charge in [0, 0.05) is 26.6 Å². The Morgan fingerprint density at radius 2 is 2.07 bits per heavy atom. The zero-order valence-corrected chi connectivity index (χ0v) is 16.6. The van der Waals surface area contributed by atoms with Crippen LogP contribution in [0.4, 0.5) is 0 Å². The highest BCUT2D eigenvalue weighted by molar-refractivity contribution is 5.82. The molecule has 1 aromatic heterocycles. The molecule has 0 radical (unpaired) electrons. The normalized spacial score (nSPS) is 16.9. The van der Waals surface area contributed by atoms with Crippen LogP contribution in [0.25, 0.3) is 22.2 Å². The molecule has 7 nitrogen and oxygen atoms in total. The van der Waals surface area contributed by atoms with Gasteiger partial charge in [-0.25, -0.2) is 4.79 Å². The molecule has 2 N–H and O–H groups in total. The Balaban J connectivity index is 1.46. The minimum atomic E-state index is -0.588. The molecule has 30 heavy (non-hydrogen) atoms. The van der Waals surface area contributed by atoms with E-state index in [9.17, 15) is 14.9 Å². The number of rotatable bonds is 5. The Morgan fingerprint density at radius 3 is 2.77 bits per heavy atom. The van der Waals surface area contributed by atoms with Crippen LogP contribution in [-0.4, -0.2) is 29.6 Å². The molecule has 2 unspecified atom stereocenters. The molecule has 0 saturated carbocycles. The Hall–Kier alpha value is -3.63. The average molecular weight is 402 g/mol. The predicted octanol–water partition coefficient (Wildman–Crippen LogP) is 2.12. The van der Waals surface area contributed by atoms with Gasteiger partial charge in [0.2, 0.25) is 5.91 Å². The summed E-state index contributed by atoms with van der Waals surface area (Å²) >= 11 is 0. The molecule has 0 bridgehead atoms. The van der Waals surface area contributed by atoms with E-state index in [0.29, 0.717) is 18.5 Å². The van der Waals surface area contributed by atoms with E-state index >= 15 is 0 Å². The largest absolute Gasteiger partial charge is 0.419 e. The third-order valence-electron chi connectivity index (χ3n) is 5.32. The maximum absolute atomic E-state index is 12.3. The summed E-state index contributed by atoms with van der Waals surface area (Å²) in [5, 5.41) is 15.4. The molecule has 0 spiro atoms. The van der Waals surface area contributed by atoms with Crippen LogP contribution >= 0.6 is 0 Å². The van der Waals surface area contributed by atoms with Crippen LogP contribution in [0.1, 0.15) is 5.56 Å². The molecule has 1 aliphatic heterocycles. The van der Waals surface area contributed by atoms with Crippen LogP contribution in [0.2, 0.25) is 0 Å². The Morgan fingerprint density at radius 1 is 1.30 bits per heavy atom. The van der Waals surface area contributed by atoms with Crippen LogP contribution in [0.15, 0.2) is 63.8 Å². The van der Waals surface area contributed by atoms with E-state index in [4.69, 9.17) is 4.42 Å². The van der Waals surface area contributed by atoms with Gasteiger partial charge < -0.3 is 15.1 Å². The zero-order chi connectivity index (χ0) is 21.1. The summed E-state index contributed by atoms with van der Waals surface area (Å²) in [6, 6.07) is 15.0. The highest BCUT2D eigenvalue weighted by Gasteiger charge is 2.20. The van der Waals surface area contributed by atoms with E-state index in [1.807, 2.05) is 48.6 Å². The zero-order valence-electron chi connectivity index (χ0n) is 16.6. The second-order valence-corrected chi connectivity index (χ2v) is 7.39. The van der Waals surface area contributed by atoms with Crippen molar-refractivity contribution in [2.45, 2.75) is 12.5 Å². The van der Waals surface area contributed by atoms with Gasteiger partial charge >= 0.3 is 5.76 Å². The topological polar surface area (TPSA) is 100 Å². The molecule has 152 valence electrons. The van der Waals surface area contributed by atoms with E-state index < -0.39 is 6.04 Å². The fraction of sp³-hybridized carbons (Fsp3) is 0.261. The first-order valence-corrected chi connectivity index (χ1v) is 9.81. The summed E-state index contributed by atoms with van der Waals surface area (Å²) in [4.78, 5) is 24.0. The molecule has 2 atom stereocenters. The van der Waals surface area contributed by atoms with Crippen LogP contribution in [0, 0.1) is 17.2 Å². The second-order valence-electron chi connectivity index (χ2n) is 7.39. The van der Waals surface area contributed by atoms with Gasteiger partial charge in [-0.15, -0.1) is 0 Å². The molecular formula is C23H22N4O3. The van der Waals surface area contributed by atoms with Gasteiger partial charge in [-0.05, 0) is 28.8 Å². The molecule has 3 aromatic rings. The van der Waals surface area contributed by atoms with Crippen molar-refractivity contribution in [1.82, 2.24) is 15.2 Å². The quantitative estimate of drug-likeness (QED) is 0.637. The van der Waals surface area contributed by atoms with Crippen molar-refractivity contribution in [2.75, 3.05) is 13.1 Å². The molecule has 0 saturated heterocycles. The van der Waals surface area contributed by atoms with E-state index in [0.717, 1.165) is 28.8 Å². The second kappa shape index (κ2) is 8.39. The number of nitrogens with zero attached hydrogens (tertiary/aromatic N) is 2. The number of aryl methyl sites for hydroxylation is 1.